The fourth-order valence-electron chi connectivity index (χ4n) is 1.57. The summed E-state index contributed by atoms with van der Waals surface area (Å²) in [4.78, 5) is 11.8. The Morgan fingerprint density at radius 2 is 2.17 bits per heavy atom. The molecule has 0 radical (unpaired) electrons. The molecular weight excluding hydrogens is 271 g/mol. The van der Waals surface area contributed by atoms with Crippen molar-refractivity contribution in [3.63, 3.8) is 0 Å². The zero-order valence-corrected chi connectivity index (χ0v) is 12.2. The molecule has 3 N–H and O–H groups in total. The van der Waals surface area contributed by atoms with Crippen molar-refractivity contribution in [2.24, 2.45) is 11.7 Å². The number of hydrogen-bond donors (Lipinski definition) is 2. The van der Waals surface area contributed by atoms with E-state index in [0.29, 0.717) is 11.6 Å². The third-order valence-electron chi connectivity index (χ3n) is 2.78. The molecule has 0 saturated heterocycles. The second kappa shape index (κ2) is 8.35. The quantitative estimate of drug-likeness (QED) is 0.876. The van der Waals surface area contributed by atoms with Crippen LogP contribution in [0.4, 0.5) is 0 Å². The maximum Gasteiger partial charge on any atom is 0.224 e. The van der Waals surface area contributed by atoms with Crippen LogP contribution in [-0.2, 0) is 4.79 Å². The van der Waals surface area contributed by atoms with Gasteiger partial charge in [-0.2, -0.15) is 0 Å². The smallest absolute Gasteiger partial charge is 0.224 e. The first-order valence-corrected chi connectivity index (χ1v) is 6.22. The zero-order chi connectivity index (χ0) is 12.8. The molecule has 0 aliphatic rings. The second-order valence-corrected chi connectivity index (χ2v) is 4.60. The Bertz CT molecular complexity index is 385. The summed E-state index contributed by atoms with van der Waals surface area (Å²) < 4.78 is 0. The predicted molar refractivity (Wildman–Crippen MR) is 78.1 cm³/mol. The molecule has 0 bridgehead atoms. The Kier molecular flexibility index (Phi) is 8.00. The van der Waals surface area contributed by atoms with E-state index >= 15 is 0 Å². The minimum Gasteiger partial charge on any atom is -0.349 e. The van der Waals surface area contributed by atoms with E-state index in [0.717, 1.165) is 12.0 Å². The van der Waals surface area contributed by atoms with Gasteiger partial charge in [-0.3, -0.25) is 4.79 Å². The molecule has 5 heteroatoms. The van der Waals surface area contributed by atoms with Gasteiger partial charge in [0.05, 0.1) is 6.04 Å². The van der Waals surface area contributed by atoms with Crippen molar-refractivity contribution >= 4 is 29.9 Å². The normalized spacial score (nSPS) is 13.3. The summed E-state index contributed by atoms with van der Waals surface area (Å²) in [5.74, 6) is -0.178. The first-order valence-electron chi connectivity index (χ1n) is 5.84. The van der Waals surface area contributed by atoms with Gasteiger partial charge in [-0.1, -0.05) is 37.6 Å². The van der Waals surface area contributed by atoms with E-state index in [1.165, 1.54) is 0 Å². The molecule has 2 atom stereocenters. The van der Waals surface area contributed by atoms with E-state index in [1.54, 1.807) is 0 Å². The van der Waals surface area contributed by atoms with Crippen molar-refractivity contribution in [1.82, 2.24) is 5.32 Å². The van der Waals surface area contributed by atoms with E-state index in [-0.39, 0.29) is 30.3 Å². The topological polar surface area (TPSA) is 55.1 Å². The average molecular weight is 291 g/mol. The van der Waals surface area contributed by atoms with Crippen LogP contribution in [0.2, 0.25) is 5.02 Å². The summed E-state index contributed by atoms with van der Waals surface area (Å²) in [5.41, 5.74) is 6.50. The van der Waals surface area contributed by atoms with Crippen molar-refractivity contribution < 1.29 is 4.79 Å². The molecule has 0 spiro atoms. The lowest BCUT2D eigenvalue weighted by atomic mass is 10.0. The molecule has 1 rings (SSSR count). The lowest BCUT2D eigenvalue weighted by Crippen LogP contribution is -2.35. The summed E-state index contributed by atoms with van der Waals surface area (Å²) in [6.45, 7) is 4.21. The van der Waals surface area contributed by atoms with E-state index in [1.807, 2.05) is 38.1 Å². The van der Waals surface area contributed by atoms with Crippen LogP contribution in [0.5, 0.6) is 0 Å². The predicted octanol–water partition coefficient (Wildman–Crippen LogP) is 2.92. The summed E-state index contributed by atoms with van der Waals surface area (Å²) in [5, 5.41) is 3.67. The van der Waals surface area contributed by atoms with E-state index in [4.69, 9.17) is 17.3 Å². The Morgan fingerprint density at radius 3 is 2.67 bits per heavy atom. The second-order valence-electron chi connectivity index (χ2n) is 4.16. The Balaban J connectivity index is 0.00000289. The summed E-state index contributed by atoms with van der Waals surface area (Å²) in [6, 6.07) is 7.55. The average Bonchev–Trinajstić information content (AvgIpc) is 2.34. The molecule has 0 aromatic heterocycles. The van der Waals surface area contributed by atoms with Gasteiger partial charge in [-0.25, -0.2) is 0 Å². The number of hydrogen-bond acceptors (Lipinski definition) is 2. The maximum atomic E-state index is 11.8. The van der Waals surface area contributed by atoms with Gasteiger partial charge in [0.25, 0.3) is 0 Å². The molecule has 1 aromatic rings. The van der Waals surface area contributed by atoms with Crippen LogP contribution in [0.1, 0.15) is 31.9 Å². The highest BCUT2D eigenvalue weighted by atomic mass is 35.5. The number of carbonyl (C=O) groups excluding carboxylic acids is 1. The Morgan fingerprint density at radius 1 is 1.50 bits per heavy atom. The number of carbonyl (C=O) groups is 1. The molecule has 3 nitrogen and oxygen atoms in total. The number of benzene rings is 1. The van der Waals surface area contributed by atoms with Crippen molar-refractivity contribution in [3.8, 4) is 0 Å². The number of nitrogens with one attached hydrogen (secondary N) is 1. The lowest BCUT2D eigenvalue weighted by molar-refractivity contribution is -0.125. The highest BCUT2D eigenvalue weighted by Crippen LogP contribution is 2.20. The summed E-state index contributed by atoms with van der Waals surface area (Å²) in [6.07, 6.45) is 0.823. The monoisotopic (exact) mass is 290 g/mol. The number of rotatable bonds is 5. The van der Waals surface area contributed by atoms with E-state index < -0.39 is 0 Å². The van der Waals surface area contributed by atoms with Crippen molar-refractivity contribution in [1.29, 1.82) is 0 Å². The van der Waals surface area contributed by atoms with Gasteiger partial charge in [-0.15, -0.1) is 12.4 Å². The molecule has 0 aliphatic carbocycles. The number of nitrogens with two attached hydrogens (primary N) is 1. The van der Waals surface area contributed by atoms with Crippen LogP contribution < -0.4 is 11.1 Å². The minimum absolute atomic E-state index is 0. The fourth-order valence-corrected chi connectivity index (χ4v) is 1.76. The van der Waals surface area contributed by atoms with Crippen LogP contribution in [0, 0.1) is 5.92 Å². The molecule has 2 unspecified atom stereocenters. The van der Waals surface area contributed by atoms with Crippen LogP contribution in [0.15, 0.2) is 24.3 Å². The van der Waals surface area contributed by atoms with Crippen molar-refractivity contribution in [3.05, 3.63) is 34.9 Å². The number of halogens is 2. The third-order valence-corrected chi connectivity index (χ3v) is 3.01. The van der Waals surface area contributed by atoms with Crippen molar-refractivity contribution in [2.75, 3.05) is 6.54 Å². The fraction of sp³-hybridized carbons (Fsp3) is 0.462. The molecule has 1 amide bonds. The summed E-state index contributed by atoms with van der Waals surface area (Å²) >= 11 is 5.94. The van der Waals surface area contributed by atoms with Gasteiger partial charge < -0.3 is 11.1 Å². The van der Waals surface area contributed by atoms with Gasteiger partial charge in [0.15, 0.2) is 0 Å². The first-order chi connectivity index (χ1) is 8.08. The zero-order valence-electron chi connectivity index (χ0n) is 10.7. The number of amides is 1. The van der Waals surface area contributed by atoms with Crippen LogP contribution >= 0.6 is 24.0 Å². The highest BCUT2D eigenvalue weighted by Gasteiger charge is 2.16. The molecule has 0 fully saturated rings. The van der Waals surface area contributed by atoms with Crippen LogP contribution in [0.3, 0.4) is 0 Å². The molecular formula is C13H20Cl2N2O. The van der Waals surface area contributed by atoms with Gasteiger partial charge in [-0.05, 0) is 24.1 Å². The minimum atomic E-state index is -0.164. The highest BCUT2D eigenvalue weighted by molar-refractivity contribution is 6.30. The molecule has 1 aromatic carbocycles. The SMILES string of the molecule is CCC(NC(=O)C(C)CN)c1cccc(Cl)c1.Cl. The van der Waals surface area contributed by atoms with Crippen LogP contribution in [-0.4, -0.2) is 12.5 Å². The lowest BCUT2D eigenvalue weighted by Gasteiger charge is -2.19. The van der Waals surface area contributed by atoms with Gasteiger partial charge in [0, 0.05) is 17.5 Å². The van der Waals surface area contributed by atoms with Crippen LogP contribution in [0.25, 0.3) is 0 Å². The standard InChI is InChI=1S/C13H19ClN2O.ClH/c1-3-12(16-13(17)9(2)8-15)10-5-4-6-11(14)7-10;/h4-7,9,12H,3,8,15H2,1-2H3,(H,16,17);1H. The molecule has 18 heavy (non-hydrogen) atoms. The largest absolute Gasteiger partial charge is 0.349 e. The molecule has 0 heterocycles. The Hall–Kier alpha value is -0.770. The molecule has 102 valence electrons. The van der Waals surface area contributed by atoms with Gasteiger partial charge >= 0.3 is 0 Å². The summed E-state index contributed by atoms with van der Waals surface area (Å²) in [7, 11) is 0. The van der Waals surface area contributed by atoms with E-state index in [9.17, 15) is 4.79 Å². The Labute approximate surface area is 119 Å². The third kappa shape index (κ3) is 4.84. The van der Waals surface area contributed by atoms with E-state index in [2.05, 4.69) is 5.32 Å². The van der Waals surface area contributed by atoms with Crippen molar-refractivity contribution in [2.45, 2.75) is 26.3 Å². The molecule has 0 saturated carbocycles. The van der Waals surface area contributed by atoms with Gasteiger partial charge in [0.2, 0.25) is 5.91 Å². The maximum absolute atomic E-state index is 11.8. The van der Waals surface area contributed by atoms with Gasteiger partial charge in [0.1, 0.15) is 0 Å². The first kappa shape index (κ1) is 17.2. The molecule has 0 aliphatic heterocycles.